The lowest BCUT2D eigenvalue weighted by atomic mass is 10.2. The third kappa shape index (κ3) is 3.68. The van der Waals surface area contributed by atoms with Crippen LogP contribution in [0.4, 0.5) is 0 Å². The first kappa shape index (κ1) is 12.2. The smallest absolute Gasteiger partial charge is 0.102 e. The van der Waals surface area contributed by atoms with Gasteiger partial charge in [0.2, 0.25) is 0 Å². The molecule has 14 heavy (non-hydrogen) atoms. The van der Waals surface area contributed by atoms with E-state index < -0.39 is 0 Å². The number of hydrogen-bond acceptors (Lipinski definition) is 1. The van der Waals surface area contributed by atoms with Crippen molar-refractivity contribution in [1.29, 1.82) is 0 Å². The SMILES string of the molecule is CCI.Ic1ccc2ccccc2n1. The van der Waals surface area contributed by atoms with Crippen molar-refractivity contribution in [3.63, 3.8) is 0 Å². The predicted octanol–water partition coefficient (Wildman–Crippen LogP) is 4.28. The molecule has 1 aromatic heterocycles. The van der Waals surface area contributed by atoms with Crippen molar-refractivity contribution in [2.75, 3.05) is 4.43 Å². The summed E-state index contributed by atoms with van der Waals surface area (Å²) < 4.78 is 2.26. The van der Waals surface area contributed by atoms with E-state index in [2.05, 4.69) is 69.2 Å². The fraction of sp³-hybridized carbons (Fsp3) is 0.182. The van der Waals surface area contributed by atoms with E-state index in [1.54, 1.807) is 0 Å². The van der Waals surface area contributed by atoms with E-state index in [1.807, 2.05) is 24.3 Å². The van der Waals surface area contributed by atoms with Gasteiger partial charge in [-0.05, 0) is 39.2 Å². The van der Waals surface area contributed by atoms with Gasteiger partial charge in [-0.15, -0.1) is 0 Å². The molecule has 0 aliphatic heterocycles. The van der Waals surface area contributed by atoms with Crippen molar-refractivity contribution in [3.8, 4) is 0 Å². The van der Waals surface area contributed by atoms with Crippen LogP contribution in [-0.4, -0.2) is 9.41 Å². The summed E-state index contributed by atoms with van der Waals surface area (Å²) in [7, 11) is 0. The molecular weight excluding hydrogens is 400 g/mol. The molecule has 0 bridgehead atoms. The summed E-state index contributed by atoms with van der Waals surface area (Å²) in [5.74, 6) is 0. The van der Waals surface area contributed by atoms with Crippen molar-refractivity contribution in [2.45, 2.75) is 6.92 Å². The first-order valence-corrected chi connectivity index (χ1v) is 6.95. The van der Waals surface area contributed by atoms with Gasteiger partial charge < -0.3 is 0 Å². The molecule has 0 aliphatic carbocycles. The van der Waals surface area contributed by atoms with E-state index >= 15 is 0 Å². The van der Waals surface area contributed by atoms with Crippen LogP contribution in [0.15, 0.2) is 36.4 Å². The fourth-order valence-corrected chi connectivity index (χ4v) is 1.48. The highest BCUT2D eigenvalue weighted by atomic mass is 127. The Kier molecular flexibility index (Phi) is 5.69. The molecule has 1 aromatic carbocycles. The highest BCUT2D eigenvalue weighted by Crippen LogP contribution is 2.12. The van der Waals surface area contributed by atoms with Crippen LogP contribution in [-0.2, 0) is 0 Å². The van der Waals surface area contributed by atoms with E-state index in [0.29, 0.717) is 0 Å². The largest absolute Gasteiger partial charge is 0.242 e. The molecule has 0 aliphatic rings. The number of hydrogen-bond donors (Lipinski definition) is 0. The molecule has 2 rings (SSSR count). The van der Waals surface area contributed by atoms with Gasteiger partial charge in [-0.1, -0.05) is 53.8 Å². The lowest BCUT2D eigenvalue weighted by molar-refractivity contribution is 1.35. The van der Waals surface area contributed by atoms with Gasteiger partial charge in [0, 0.05) is 5.39 Å². The minimum absolute atomic E-state index is 1.04. The zero-order valence-electron chi connectivity index (χ0n) is 7.87. The molecule has 0 N–H and O–H groups in total. The van der Waals surface area contributed by atoms with Gasteiger partial charge in [-0.3, -0.25) is 0 Å². The van der Waals surface area contributed by atoms with Gasteiger partial charge in [0.1, 0.15) is 3.70 Å². The number of alkyl halides is 1. The summed E-state index contributed by atoms with van der Waals surface area (Å²) in [6, 6.07) is 12.2. The van der Waals surface area contributed by atoms with Crippen LogP contribution in [0.3, 0.4) is 0 Å². The number of nitrogens with zero attached hydrogens (tertiary/aromatic N) is 1. The second-order valence-corrected chi connectivity index (χ2v) is 5.22. The first-order chi connectivity index (χ1) is 6.77. The Bertz CT molecular complexity index is 401. The Labute approximate surface area is 112 Å². The number of halogens is 2. The number of pyridine rings is 1. The molecule has 0 atom stereocenters. The van der Waals surface area contributed by atoms with E-state index in [4.69, 9.17) is 0 Å². The van der Waals surface area contributed by atoms with Crippen molar-refractivity contribution < 1.29 is 0 Å². The maximum Gasteiger partial charge on any atom is 0.102 e. The molecule has 2 aromatic rings. The van der Waals surface area contributed by atoms with Gasteiger partial charge in [-0.2, -0.15) is 0 Å². The summed E-state index contributed by atoms with van der Waals surface area (Å²) in [6.45, 7) is 2.11. The van der Waals surface area contributed by atoms with Crippen LogP contribution in [0.5, 0.6) is 0 Å². The van der Waals surface area contributed by atoms with Crippen LogP contribution < -0.4 is 0 Å². The quantitative estimate of drug-likeness (QED) is 0.359. The van der Waals surface area contributed by atoms with Crippen molar-refractivity contribution in [1.82, 2.24) is 4.98 Å². The molecule has 0 saturated carbocycles. The van der Waals surface area contributed by atoms with Crippen molar-refractivity contribution >= 4 is 56.1 Å². The molecule has 0 radical (unpaired) electrons. The lowest BCUT2D eigenvalue weighted by Crippen LogP contribution is -1.80. The van der Waals surface area contributed by atoms with Gasteiger partial charge in [0.15, 0.2) is 0 Å². The average Bonchev–Trinajstić information content (AvgIpc) is 2.19. The van der Waals surface area contributed by atoms with Crippen LogP contribution in [0, 0.1) is 3.70 Å². The highest BCUT2D eigenvalue weighted by molar-refractivity contribution is 14.1. The van der Waals surface area contributed by atoms with E-state index in [-0.39, 0.29) is 0 Å². The third-order valence-electron chi connectivity index (χ3n) is 1.56. The van der Waals surface area contributed by atoms with Gasteiger partial charge in [0.25, 0.3) is 0 Å². The Morgan fingerprint density at radius 3 is 2.50 bits per heavy atom. The van der Waals surface area contributed by atoms with E-state index in [1.165, 1.54) is 9.81 Å². The second kappa shape index (κ2) is 6.55. The van der Waals surface area contributed by atoms with Gasteiger partial charge >= 0.3 is 0 Å². The Morgan fingerprint density at radius 2 is 1.79 bits per heavy atom. The molecular formula is C11H11I2N. The van der Waals surface area contributed by atoms with Crippen LogP contribution in [0.2, 0.25) is 0 Å². The summed E-state index contributed by atoms with van der Waals surface area (Å²) in [5.41, 5.74) is 1.07. The molecule has 0 saturated heterocycles. The molecule has 0 spiro atoms. The maximum atomic E-state index is 4.36. The molecule has 3 heteroatoms. The summed E-state index contributed by atoms with van der Waals surface area (Å²) in [4.78, 5) is 4.36. The summed E-state index contributed by atoms with van der Waals surface area (Å²) in [5, 5.41) is 1.20. The topological polar surface area (TPSA) is 12.9 Å². The molecule has 74 valence electrons. The average molecular weight is 411 g/mol. The normalized spacial score (nSPS) is 9.36. The van der Waals surface area contributed by atoms with Crippen LogP contribution >= 0.6 is 45.2 Å². The molecule has 0 unspecified atom stereocenters. The number of aromatic nitrogens is 1. The Balaban J connectivity index is 0.000000293. The lowest BCUT2D eigenvalue weighted by Gasteiger charge is -1.94. The van der Waals surface area contributed by atoms with E-state index in [9.17, 15) is 0 Å². The zero-order valence-corrected chi connectivity index (χ0v) is 12.2. The minimum atomic E-state index is 1.04. The van der Waals surface area contributed by atoms with Crippen LogP contribution in [0.25, 0.3) is 10.9 Å². The highest BCUT2D eigenvalue weighted by Gasteiger charge is 1.92. The van der Waals surface area contributed by atoms with Crippen molar-refractivity contribution in [2.24, 2.45) is 0 Å². The predicted molar refractivity (Wildman–Crippen MR) is 79.0 cm³/mol. The number of benzene rings is 1. The first-order valence-electron chi connectivity index (χ1n) is 4.35. The molecule has 1 heterocycles. The summed E-state index contributed by atoms with van der Waals surface area (Å²) in [6.07, 6.45) is 0. The van der Waals surface area contributed by atoms with Crippen LogP contribution in [0.1, 0.15) is 6.92 Å². The second-order valence-electron chi connectivity index (χ2n) is 2.59. The zero-order chi connectivity index (χ0) is 10.4. The van der Waals surface area contributed by atoms with E-state index in [0.717, 1.165) is 9.22 Å². The number of fused-ring (bicyclic) bond motifs is 1. The number of para-hydroxylation sites is 1. The Morgan fingerprint density at radius 1 is 1.14 bits per heavy atom. The monoisotopic (exact) mass is 411 g/mol. The molecule has 0 fully saturated rings. The minimum Gasteiger partial charge on any atom is -0.242 e. The van der Waals surface area contributed by atoms with Gasteiger partial charge in [-0.25, -0.2) is 4.98 Å². The van der Waals surface area contributed by atoms with Gasteiger partial charge in [0.05, 0.1) is 5.52 Å². The fourth-order valence-electron chi connectivity index (χ4n) is 1.04. The number of rotatable bonds is 0. The molecule has 1 nitrogen and oxygen atoms in total. The Hall–Kier alpha value is 0.0900. The summed E-state index contributed by atoms with van der Waals surface area (Å²) >= 11 is 4.51. The molecule has 0 amide bonds. The van der Waals surface area contributed by atoms with Crippen molar-refractivity contribution in [3.05, 3.63) is 40.1 Å². The standard InChI is InChI=1S/C9H6IN.C2H5I/c10-9-6-5-7-3-1-2-4-8(7)11-9;1-2-3/h1-6H;2H2,1H3. The third-order valence-corrected chi connectivity index (χ3v) is 2.17. The maximum absolute atomic E-state index is 4.36.